The highest BCUT2D eigenvalue weighted by Crippen LogP contribution is 2.32. The van der Waals surface area contributed by atoms with Crippen LogP contribution in [0.1, 0.15) is 53.8 Å². The van der Waals surface area contributed by atoms with Crippen LogP contribution in [0.2, 0.25) is 0 Å². The summed E-state index contributed by atoms with van der Waals surface area (Å²) in [4.78, 5) is 31.1. The van der Waals surface area contributed by atoms with Gasteiger partial charge in [0.25, 0.3) is 11.8 Å². The van der Waals surface area contributed by atoms with Crippen LogP contribution in [0.3, 0.4) is 0 Å². The maximum atomic E-state index is 13.8. The Morgan fingerprint density at radius 2 is 1.62 bits per heavy atom. The monoisotopic (exact) mass is 537 g/mol. The average Bonchev–Trinajstić information content (AvgIpc) is 3.70. The lowest BCUT2D eigenvalue weighted by atomic mass is 9.93. The summed E-state index contributed by atoms with van der Waals surface area (Å²) in [6.45, 7) is 8.19. The highest BCUT2D eigenvalue weighted by atomic mass is 16.5. The Morgan fingerprint density at radius 1 is 0.897 bits per heavy atom. The molecule has 2 aliphatic rings. The number of carbonyl (C=O) groups is 2. The SMILES string of the molecule is COCCCOc1cc(C(=O)N(C[C@@H]2CNC[C@H]2CN(C(=O)c2ccccc2)C2CC2)C(C)C)ccc1OC. The van der Waals surface area contributed by atoms with Crippen molar-refractivity contribution in [2.75, 3.05) is 53.6 Å². The van der Waals surface area contributed by atoms with Crippen molar-refractivity contribution in [2.45, 2.75) is 45.2 Å². The lowest BCUT2D eigenvalue weighted by molar-refractivity contribution is 0.0613. The van der Waals surface area contributed by atoms with E-state index in [0.717, 1.165) is 37.9 Å². The van der Waals surface area contributed by atoms with E-state index in [1.807, 2.05) is 35.2 Å². The molecule has 0 radical (unpaired) electrons. The summed E-state index contributed by atoms with van der Waals surface area (Å²) in [6.07, 6.45) is 2.87. The van der Waals surface area contributed by atoms with Gasteiger partial charge in [0, 0.05) is 69.5 Å². The van der Waals surface area contributed by atoms with Gasteiger partial charge in [-0.2, -0.15) is 0 Å². The zero-order valence-corrected chi connectivity index (χ0v) is 23.7. The molecule has 0 aromatic heterocycles. The second-order valence-corrected chi connectivity index (χ2v) is 10.8. The first-order chi connectivity index (χ1) is 18.9. The quantitative estimate of drug-likeness (QED) is 0.366. The fraction of sp³-hybridized carbons (Fsp3) is 0.548. The van der Waals surface area contributed by atoms with E-state index in [1.165, 1.54) is 0 Å². The molecule has 8 heteroatoms. The molecule has 0 spiro atoms. The Hall–Kier alpha value is -3.10. The van der Waals surface area contributed by atoms with E-state index in [2.05, 4.69) is 24.1 Å². The third-order valence-electron chi connectivity index (χ3n) is 7.66. The number of hydrogen-bond donors (Lipinski definition) is 1. The van der Waals surface area contributed by atoms with Crippen LogP contribution in [0.15, 0.2) is 48.5 Å². The first kappa shape index (κ1) is 28.9. The molecule has 2 amide bonds. The van der Waals surface area contributed by atoms with E-state index in [9.17, 15) is 9.59 Å². The topological polar surface area (TPSA) is 80.3 Å². The van der Waals surface area contributed by atoms with Gasteiger partial charge in [0.05, 0.1) is 13.7 Å². The molecule has 39 heavy (non-hydrogen) atoms. The summed E-state index contributed by atoms with van der Waals surface area (Å²) in [6, 6.07) is 15.3. The van der Waals surface area contributed by atoms with Gasteiger partial charge in [-0.05, 0) is 68.9 Å². The zero-order valence-electron chi connectivity index (χ0n) is 23.7. The molecule has 1 saturated carbocycles. The number of amides is 2. The van der Waals surface area contributed by atoms with E-state index in [-0.39, 0.29) is 29.7 Å². The summed E-state index contributed by atoms with van der Waals surface area (Å²) in [5.74, 6) is 1.77. The van der Waals surface area contributed by atoms with Gasteiger partial charge < -0.3 is 29.3 Å². The number of hydrogen-bond acceptors (Lipinski definition) is 6. The Morgan fingerprint density at radius 3 is 2.26 bits per heavy atom. The van der Waals surface area contributed by atoms with Crippen LogP contribution in [-0.2, 0) is 4.74 Å². The molecule has 1 heterocycles. The minimum Gasteiger partial charge on any atom is -0.493 e. The first-order valence-electron chi connectivity index (χ1n) is 14.1. The predicted molar refractivity (Wildman–Crippen MR) is 152 cm³/mol. The summed E-state index contributed by atoms with van der Waals surface area (Å²) >= 11 is 0. The molecule has 1 aliphatic carbocycles. The van der Waals surface area contributed by atoms with Crippen molar-refractivity contribution in [3.8, 4) is 11.5 Å². The summed E-state index contributed by atoms with van der Waals surface area (Å²) in [5, 5.41) is 3.52. The minimum absolute atomic E-state index is 0.0254. The van der Waals surface area contributed by atoms with E-state index in [4.69, 9.17) is 14.2 Å². The van der Waals surface area contributed by atoms with Gasteiger partial charge in [-0.25, -0.2) is 0 Å². The van der Waals surface area contributed by atoms with Gasteiger partial charge in [0.2, 0.25) is 0 Å². The largest absolute Gasteiger partial charge is 0.493 e. The Kier molecular flexibility index (Phi) is 10.2. The molecular weight excluding hydrogens is 494 g/mol. The average molecular weight is 538 g/mol. The molecule has 2 aromatic rings. The second-order valence-electron chi connectivity index (χ2n) is 10.8. The highest BCUT2D eigenvalue weighted by molar-refractivity contribution is 5.95. The Bertz CT molecular complexity index is 1090. The van der Waals surface area contributed by atoms with E-state index < -0.39 is 0 Å². The van der Waals surface area contributed by atoms with Gasteiger partial charge >= 0.3 is 0 Å². The number of rotatable bonds is 14. The molecule has 2 atom stereocenters. The van der Waals surface area contributed by atoms with E-state index in [0.29, 0.717) is 49.4 Å². The Labute approximate surface area is 232 Å². The zero-order chi connectivity index (χ0) is 27.8. The fourth-order valence-corrected chi connectivity index (χ4v) is 5.25. The van der Waals surface area contributed by atoms with E-state index in [1.54, 1.807) is 32.4 Å². The summed E-state index contributed by atoms with van der Waals surface area (Å²) in [5.41, 5.74) is 1.32. The molecular formula is C31H43N3O5. The predicted octanol–water partition coefficient (Wildman–Crippen LogP) is 4.10. The van der Waals surface area contributed by atoms with Gasteiger partial charge in [0.1, 0.15) is 0 Å². The number of benzene rings is 2. The molecule has 4 rings (SSSR count). The normalized spacial score (nSPS) is 18.7. The van der Waals surface area contributed by atoms with Crippen molar-refractivity contribution in [2.24, 2.45) is 11.8 Å². The third-order valence-corrected chi connectivity index (χ3v) is 7.66. The van der Waals surface area contributed by atoms with Crippen LogP contribution in [0.4, 0.5) is 0 Å². The number of nitrogens with one attached hydrogen (secondary N) is 1. The van der Waals surface area contributed by atoms with Crippen molar-refractivity contribution in [1.82, 2.24) is 15.1 Å². The molecule has 0 unspecified atom stereocenters. The lowest BCUT2D eigenvalue weighted by Crippen LogP contribution is -2.45. The van der Waals surface area contributed by atoms with Crippen LogP contribution in [0, 0.1) is 11.8 Å². The highest BCUT2D eigenvalue weighted by Gasteiger charge is 2.38. The lowest BCUT2D eigenvalue weighted by Gasteiger charge is -2.33. The molecule has 0 bridgehead atoms. The van der Waals surface area contributed by atoms with Crippen LogP contribution < -0.4 is 14.8 Å². The molecule has 2 aromatic carbocycles. The molecule has 212 valence electrons. The van der Waals surface area contributed by atoms with Crippen molar-refractivity contribution in [3.63, 3.8) is 0 Å². The van der Waals surface area contributed by atoms with Gasteiger partial charge in [-0.3, -0.25) is 9.59 Å². The summed E-state index contributed by atoms with van der Waals surface area (Å²) < 4.78 is 16.5. The van der Waals surface area contributed by atoms with Gasteiger partial charge in [-0.15, -0.1) is 0 Å². The van der Waals surface area contributed by atoms with Gasteiger partial charge in [-0.1, -0.05) is 18.2 Å². The van der Waals surface area contributed by atoms with Crippen LogP contribution in [0.5, 0.6) is 11.5 Å². The van der Waals surface area contributed by atoms with Crippen molar-refractivity contribution >= 4 is 11.8 Å². The molecule has 2 fully saturated rings. The molecule has 8 nitrogen and oxygen atoms in total. The maximum absolute atomic E-state index is 13.8. The number of nitrogens with zero attached hydrogens (tertiary/aromatic N) is 2. The smallest absolute Gasteiger partial charge is 0.254 e. The van der Waals surface area contributed by atoms with Crippen molar-refractivity contribution in [1.29, 1.82) is 0 Å². The Balaban J connectivity index is 1.45. The van der Waals surface area contributed by atoms with E-state index >= 15 is 0 Å². The van der Waals surface area contributed by atoms with Crippen LogP contribution >= 0.6 is 0 Å². The standard InChI is InChI=1S/C31H43N3O5/c1-22(2)33(31(36)24-11-14-28(38-4)29(17-24)39-16-8-15-37-3)20-25-18-32-19-26(25)21-34(27-12-13-27)30(35)23-9-6-5-7-10-23/h5-7,9-11,14,17,22,25-27,32H,8,12-13,15-16,18-21H2,1-4H3/t25-,26-/m0/s1. The number of carbonyl (C=O) groups excluding carboxylic acids is 2. The molecule has 1 saturated heterocycles. The number of methoxy groups -OCH3 is 2. The maximum Gasteiger partial charge on any atom is 0.254 e. The van der Waals surface area contributed by atoms with Crippen molar-refractivity contribution in [3.05, 3.63) is 59.7 Å². The van der Waals surface area contributed by atoms with Gasteiger partial charge in [0.15, 0.2) is 11.5 Å². The number of ether oxygens (including phenoxy) is 3. The first-order valence-corrected chi connectivity index (χ1v) is 14.1. The minimum atomic E-state index is -0.0283. The summed E-state index contributed by atoms with van der Waals surface area (Å²) in [7, 11) is 3.26. The third kappa shape index (κ3) is 7.51. The fourth-order valence-electron chi connectivity index (χ4n) is 5.25. The van der Waals surface area contributed by atoms with Crippen LogP contribution in [-0.4, -0.2) is 87.3 Å². The second kappa shape index (κ2) is 13.8. The molecule has 1 aliphatic heterocycles. The van der Waals surface area contributed by atoms with Crippen molar-refractivity contribution < 1.29 is 23.8 Å². The van der Waals surface area contributed by atoms with Crippen LogP contribution in [0.25, 0.3) is 0 Å². The molecule has 1 N–H and O–H groups in total.